The summed E-state index contributed by atoms with van der Waals surface area (Å²) in [4.78, 5) is 11.5. The van der Waals surface area contributed by atoms with Gasteiger partial charge in [-0.3, -0.25) is 4.40 Å². The molecular weight excluding hydrogens is 261 g/mol. The number of halogens is 1. The lowest BCUT2D eigenvalue weighted by Crippen LogP contribution is -2.03. The van der Waals surface area contributed by atoms with Crippen molar-refractivity contribution in [2.24, 2.45) is 0 Å². The van der Waals surface area contributed by atoms with Gasteiger partial charge in [0.2, 0.25) is 0 Å². The molecule has 3 aromatic rings. The smallest absolute Gasteiger partial charge is 0.339 e. The van der Waals surface area contributed by atoms with Crippen LogP contribution in [0.1, 0.15) is 10.4 Å². The lowest BCUT2D eigenvalue weighted by Gasteiger charge is -2.03. The van der Waals surface area contributed by atoms with Gasteiger partial charge in [-0.25, -0.2) is 9.18 Å². The van der Waals surface area contributed by atoms with E-state index in [1.54, 1.807) is 34.9 Å². The minimum atomic E-state index is -0.453. The quantitative estimate of drug-likeness (QED) is 0.671. The van der Waals surface area contributed by atoms with Gasteiger partial charge in [0.05, 0.1) is 12.7 Å². The molecule has 1 aromatic carbocycles. The highest BCUT2D eigenvalue weighted by atomic mass is 19.1. The first kappa shape index (κ1) is 12.3. The number of aromatic nitrogens is 3. The average Bonchev–Trinajstić information content (AvgIpc) is 2.89. The van der Waals surface area contributed by atoms with Crippen LogP contribution in [0.25, 0.3) is 17.0 Å². The summed E-state index contributed by atoms with van der Waals surface area (Å²) in [6, 6.07) is 9.29. The molecule has 0 aliphatic carbocycles. The molecule has 0 amide bonds. The molecule has 6 heteroatoms. The van der Waals surface area contributed by atoms with Crippen LogP contribution >= 0.6 is 0 Å². The topological polar surface area (TPSA) is 56.5 Å². The van der Waals surface area contributed by atoms with E-state index in [1.807, 2.05) is 0 Å². The second-order valence-electron chi connectivity index (χ2n) is 4.17. The second-order valence-corrected chi connectivity index (χ2v) is 4.17. The normalized spacial score (nSPS) is 10.7. The van der Waals surface area contributed by atoms with Crippen LogP contribution in [0.3, 0.4) is 0 Å². The van der Waals surface area contributed by atoms with Crippen molar-refractivity contribution in [2.45, 2.75) is 0 Å². The zero-order valence-electron chi connectivity index (χ0n) is 10.6. The summed E-state index contributed by atoms with van der Waals surface area (Å²) in [6.45, 7) is 0. The van der Waals surface area contributed by atoms with Crippen molar-refractivity contribution in [3.63, 3.8) is 0 Å². The molecule has 0 saturated heterocycles. The van der Waals surface area contributed by atoms with Gasteiger partial charge in [-0.05, 0) is 24.3 Å². The summed E-state index contributed by atoms with van der Waals surface area (Å²) in [5.74, 6) is -0.348. The molecule has 0 unspecified atom stereocenters. The van der Waals surface area contributed by atoms with Crippen molar-refractivity contribution in [3.8, 4) is 11.4 Å². The van der Waals surface area contributed by atoms with Crippen molar-refractivity contribution in [1.29, 1.82) is 0 Å². The molecule has 0 aliphatic heterocycles. The molecule has 0 spiro atoms. The highest BCUT2D eigenvalue weighted by molar-refractivity contribution is 5.89. The highest BCUT2D eigenvalue weighted by Crippen LogP contribution is 2.19. The Morgan fingerprint density at radius 2 is 2.10 bits per heavy atom. The molecule has 100 valence electrons. The van der Waals surface area contributed by atoms with E-state index >= 15 is 0 Å². The van der Waals surface area contributed by atoms with Gasteiger partial charge in [0.25, 0.3) is 0 Å². The standard InChI is InChI=1S/C14H10FN3O2/c1-20-14(19)10-5-6-12-16-17-13(18(12)8-10)9-3-2-4-11(15)7-9/h2-8H,1H3. The van der Waals surface area contributed by atoms with Crippen molar-refractivity contribution in [1.82, 2.24) is 14.6 Å². The molecule has 0 fully saturated rings. The maximum absolute atomic E-state index is 13.3. The summed E-state index contributed by atoms with van der Waals surface area (Å²) in [7, 11) is 1.31. The fourth-order valence-corrected chi connectivity index (χ4v) is 1.95. The molecular formula is C14H10FN3O2. The largest absolute Gasteiger partial charge is 0.465 e. The number of hydrogen-bond acceptors (Lipinski definition) is 4. The van der Waals surface area contributed by atoms with E-state index in [0.717, 1.165) is 0 Å². The summed E-state index contributed by atoms with van der Waals surface area (Å²) in [6.07, 6.45) is 1.57. The van der Waals surface area contributed by atoms with Crippen LogP contribution in [-0.4, -0.2) is 27.7 Å². The minimum Gasteiger partial charge on any atom is -0.465 e. The maximum Gasteiger partial charge on any atom is 0.339 e. The number of ether oxygens (including phenoxy) is 1. The fourth-order valence-electron chi connectivity index (χ4n) is 1.95. The van der Waals surface area contributed by atoms with E-state index in [1.165, 1.54) is 19.2 Å². The van der Waals surface area contributed by atoms with Crippen LogP contribution in [0.5, 0.6) is 0 Å². The first-order valence-corrected chi connectivity index (χ1v) is 5.88. The molecule has 0 aliphatic rings. The number of carbonyl (C=O) groups is 1. The Kier molecular flexibility index (Phi) is 2.90. The van der Waals surface area contributed by atoms with Crippen molar-refractivity contribution < 1.29 is 13.9 Å². The monoisotopic (exact) mass is 271 g/mol. The first-order chi connectivity index (χ1) is 9.69. The summed E-state index contributed by atoms with van der Waals surface area (Å²) in [5.41, 5.74) is 1.52. The molecule has 0 radical (unpaired) electrons. The zero-order chi connectivity index (χ0) is 14.1. The van der Waals surface area contributed by atoms with E-state index in [-0.39, 0.29) is 5.82 Å². The van der Waals surface area contributed by atoms with Gasteiger partial charge in [-0.15, -0.1) is 10.2 Å². The molecule has 3 rings (SSSR count). The molecule has 20 heavy (non-hydrogen) atoms. The number of hydrogen-bond donors (Lipinski definition) is 0. The van der Waals surface area contributed by atoms with Crippen LogP contribution < -0.4 is 0 Å². The zero-order valence-corrected chi connectivity index (χ0v) is 10.6. The number of carbonyl (C=O) groups excluding carboxylic acids is 1. The van der Waals surface area contributed by atoms with Gasteiger partial charge in [-0.1, -0.05) is 12.1 Å². The molecule has 0 bridgehead atoms. The number of nitrogens with zero attached hydrogens (tertiary/aromatic N) is 3. The van der Waals surface area contributed by atoms with Crippen LogP contribution in [0, 0.1) is 5.82 Å². The van der Waals surface area contributed by atoms with Gasteiger partial charge < -0.3 is 4.74 Å². The van der Waals surface area contributed by atoms with Gasteiger partial charge in [0.1, 0.15) is 5.82 Å². The molecule has 0 N–H and O–H groups in total. The fraction of sp³-hybridized carbons (Fsp3) is 0.0714. The molecule has 0 atom stereocenters. The number of esters is 1. The molecule has 5 nitrogen and oxygen atoms in total. The SMILES string of the molecule is COC(=O)c1ccc2nnc(-c3cccc(F)c3)n2c1. The molecule has 2 aromatic heterocycles. The summed E-state index contributed by atoms with van der Waals surface area (Å²) in [5, 5.41) is 8.02. The third-order valence-electron chi connectivity index (χ3n) is 2.91. The Morgan fingerprint density at radius 1 is 1.25 bits per heavy atom. The van der Waals surface area contributed by atoms with E-state index in [9.17, 15) is 9.18 Å². The van der Waals surface area contributed by atoms with Gasteiger partial charge in [0.15, 0.2) is 11.5 Å². The van der Waals surface area contributed by atoms with E-state index in [0.29, 0.717) is 22.6 Å². The van der Waals surface area contributed by atoms with Crippen LogP contribution in [0.15, 0.2) is 42.6 Å². The van der Waals surface area contributed by atoms with Gasteiger partial charge in [0, 0.05) is 11.8 Å². The van der Waals surface area contributed by atoms with E-state index < -0.39 is 5.97 Å². The van der Waals surface area contributed by atoms with E-state index in [4.69, 9.17) is 0 Å². The Labute approximate surface area is 113 Å². The van der Waals surface area contributed by atoms with E-state index in [2.05, 4.69) is 14.9 Å². The lowest BCUT2D eigenvalue weighted by molar-refractivity contribution is 0.0600. The minimum absolute atomic E-state index is 0.358. The van der Waals surface area contributed by atoms with Crippen LogP contribution in [0.2, 0.25) is 0 Å². The molecule has 0 saturated carbocycles. The summed E-state index contributed by atoms with van der Waals surface area (Å²) >= 11 is 0. The number of methoxy groups -OCH3 is 1. The maximum atomic E-state index is 13.3. The lowest BCUT2D eigenvalue weighted by atomic mass is 10.2. The predicted molar refractivity (Wildman–Crippen MR) is 69.7 cm³/mol. The summed E-state index contributed by atoms with van der Waals surface area (Å²) < 4.78 is 19.6. The van der Waals surface area contributed by atoms with Gasteiger partial charge in [-0.2, -0.15) is 0 Å². The third-order valence-corrected chi connectivity index (χ3v) is 2.91. The second kappa shape index (κ2) is 4.73. The first-order valence-electron chi connectivity index (χ1n) is 5.88. The number of fused-ring (bicyclic) bond motifs is 1. The van der Waals surface area contributed by atoms with Crippen LogP contribution in [-0.2, 0) is 4.74 Å². The van der Waals surface area contributed by atoms with Crippen molar-refractivity contribution >= 4 is 11.6 Å². The number of benzene rings is 1. The Bertz CT molecular complexity index is 798. The van der Waals surface area contributed by atoms with Crippen molar-refractivity contribution in [2.75, 3.05) is 7.11 Å². The van der Waals surface area contributed by atoms with Crippen LogP contribution in [0.4, 0.5) is 4.39 Å². The predicted octanol–water partition coefficient (Wildman–Crippen LogP) is 2.32. The third kappa shape index (κ3) is 2.01. The van der Waals surface area contributed by atoms with Gasteiger partial charge >= 0.3 is 5.97 Å². The average molecular weight is 271 g/mol. The highest BCUT2D eigenvalue weighted by Gasteiger charge is 2.12. The number of pyridine rings is 1. The Balaban J connectivity index is 2.19. The Hall–Kier alpha value is -2.76. The number of rotatable bonds is 2. The molecule has 2 heterocycles. The Morgan fingerprint density at radius 3 is 2.85 bits per heavy atom. The van der Waals surface area contributed by atoms with Crippen molar-refractivity contribution in [3.05, 3.63) is 54.0 Å².